The van der Waals surface area contributed by atoms with Gasteiger partial charge in [0.15, 0.2) is 11.5 Å². The quantitative estimate of drug-likeness (QED) is 0.110. The molecule has 0 fully saturated rings. The SMILES string of the molecule is CCCCCCCCCCCCCCCCSC(CC)C(OC(C)Cn1cnc2c(N)ncnc21)[P+](=O)[O-]. The van der Waals surface area contributed by atoms with Gasteiger partial charge in [0.1, 0.15) is 11.8 Å². The summed E-state index contributed by atoms with van der Waals surface area (Å²) in [5, 5.41) is -0.0713. The summed E-state index contributed by atoms with van der Waals surface area (Å²) in [6.07, 6.45) is 22.2. The molecule has 38 heavy (non-hydrogen) atoms. The van der Waals surface area contributed by atoms with E-state index in [1.165, 1.54) is 89.8 Å². The number of ether oxygens (including phenoxy) is 1. The van der Waals surface area contributed by atoms with E-state index in [2.05, 4.69) is 21.9 Å². The van der Waals surface area contributed by atoms with Gasteiger partial charge in [0.25, 0.3) is 5.85 Å². The molecule has 0 spiro atoms. The standard InChI is InChI=1S/C28H50N5O3PS/c1-4-6-7-8-9-10-11-12-13-14-15-16-17-18-19-38-24(5-2)28(37(34)35)36-23(3)20-33-22-32-25-26(29)30-21-31-27(25)33/h21-24,28H,4-20H2,1-3H3,(H2,29,30,31). The van der Waals surface area contributed by atoms with Crippen LogP contribution in [0.4, 0.5) is 5.82 Å². The van der Waals surface area contributed by atoms with Crippen LogP contribution in [0.2, 0.25) is 0 Å². The molecule has 0 radical (unpaired) electrons. The zero-order valence-corrected chi connectivity index (χ0v) is 25.6. The maximum absolute atomic E-state index is 12.1. The summed E-state index contributed by atoms with van der Waals surface area (Å²) < 4.78 is 20.0. The molecule has 10 heteroatoms. The highest BCUT2D eigenvalue weighted by Crippen LogP contribution is 2.34. The van der Waals surface area contributed by atoms with Gasteiger partial charge in [0, 0.05) is 0 Å². The Morgan fingerprint density at radius 1 is 0.947 bits per heavy atom. The molecule has 0 bridgehead atoms. The number of aromatic nitrogens is 4. The van der Waals surface area contributed by atoms with Crippen LogP contribution in [0.15, 0.2) is 12.7 Å². The van der Waals surface area contributed by atoms with Crippen molar-refractivity contribution >= 4 is 36.8 Å². The molecule has 0 amide bonds. The van der Waals surface area contributed by atoms with Gasteiger partial charge in [-0.1, -0.05) is 102 Å². The van der Waals surface area contributed by atoms with Gasteiger partial charge in [0.05, 0.1) is 24.2 Å². The average Bonchev–Trinajstić information content (AvgIpc) is 3.31. The molecule has 0 aromatic carbocycles. The number of nitrogens with two attached hydrogens (primary N) is 1. The molecule has 2 N–H and O–H groups in total. The molecule has 8 nitrogen and oxygen atoms in total. The van der Waals surface area contributed by atoms with E-state index in [1.807, 2.05) is 18.4 Å². The van der Waals surface area contributed by atoms with Gasteiger partial charge in [-0.15, -0.1) is 0 Å². The van der Waals surface area contributed by atoms with Gasteiger partial charge in [-0.2, -0.15) is 11.8 Å². The highest BCUT2D eigenvalue weighted by molar-refractivity contribution is 8.00. The van der Waals surface area contributed by atoms with Gasteiger partial charge in [-0.05, 0) is 25.5 Å². The number of hydrogen-bond donors (Lipinski definition) is 1. The Morgan fingerprint density at radius 2 is 1.53 bits per heavy atom. The molecule has 0 saturated heterocycles. The Bertz CT molecular complexity index is 916. The number of nitrogens with zero attached hydrogens (tertiary/aromatic N) is 4. The molecule has 2 heterocycles. The minimum absolute atomic E-state index is 0.0713. The molecule has 4 atom stereocenters. The molecular formula is C28H50N5O3PS. The van der Waals surface area contributed by atoms with E-state index in [1.54, 1.807) is 18.1 Å². The molecule has 2 rings (SSSR count). The second-order valence-electron chi connectivity index (χ2n) is 10.4. The Balaban J connectivity index is 1.60. The molecule has 0 saturated carbocycles. The van der Waals surface area contributed by atoms with Gasteiger partial charge in [0.2, 0.25) is 0 Å². The number of nitrogen functional groups attached to an aromatic ring is 1. The molecule has 0 aliphatic carbocycles. The van der Waals surface area contributed by atoms with Gasteiger partial charge >= 0.3 is 8.03 Å². The van der Waals surface area contributed by atoms with Crippen LogP contribution < -0.4 is 10.6 Å². The summed E-state index contributed by atoms with van der Waals surface area (Å²) in [6, 6.07) is 0. The lowest BCUT2D eigenvalue weighted by molar-refractivity contribution is -0.176. The summed E-state index contributed by atoms with van der Waals surface area (Å²) in [4.78, 5) is 24.6. The molecule has 2 aromatic rings. The van der Waals surface area contributed by atoms with Crippen LogP contribution >= 0.6 is 19.8 Å². The van der Waals surface area contributed by atoms with Crippen LogP contribution in [0.1, 0.15) is 117 Å². The largest absolute Gasteiger partial charge is 0.593 e. The van der Waals surface area contributed by atoms with Crippen molar-refractivity contribution in [3.63, 3.8) is 0 Å². The van der Waals surface area contributed by atoms with Crippen LogP contribution in [0.5, 0.6) is 0 Å². The van der Waals surface area contributed by atoms with Gasteiger partial charge < -0.3 is 19.9 Å². The fourth-order valence-electron chi connectivity index (χ4n) is 4.80. The monoisotopic (exact) mass is 567 g/mol. The van der Waals surface area contributed by atoms with E-state index in [0.29, 0.717) is 23.5 Å². The Labute approximate surface area is 235 Å². The van der Waals surface area contributed by atoms with Gasteiger partial charge in [-0.3, -0.25) is 0 Å². The average molecular weight is 568 g/mol. The third-order valence-corrected chi connectivity index (χ3v) is 9.65. The Kier molecular flexibility index (Phi) is 17.1. The third-order valence-electron chi connectivity index (χ3n) is 7.01. The van der Waals surface area contributed by atoms with Crippen LogP contribution in [0.3, 0.4) is 0 Å². The summed E-state index contributed by atoms with van der Waals surface area (Å²) >= 11 is 1.73. The van der Waals surface area contributed by atoms with Crippen LogP contribution in [-0.4, -0.2) is 42.5 Å². The van der Waals surface area contributed by atoms with E-state index in [-0.39, 0.29) is 11.4 Å². The molecule has 0 aliphatic heterocycles. The van der Waals surface area contributed by atoms with E-state index in [0.717, 1.165) is 18.6 Å². The number of anilines is 1. The number of thioether (sulfide) groups is 1. The molecule has 4 unspecified atom stereocenters. The number of hydrogen-bond acceptors (Lipinski definition) is 8. The summed E-state index contributed by atoms with van der Waals surface area (Å²) in [7, 11) is -2.70. The Morgan fingerprint density at radius 3 is 2.08 bits per heavy atom. The number of rotatable bonds is 23. The summed E-state index contributed by atoms with van der Waals surface area (Å²) in [6.45, 7) is 6.62. The predicted octanol–water partition coefficient (Wildman–Crippen LogP) is 7.24. The first-order valence-electron chi connectivity index (χ1n) is 14.8. The number of fused-ring (bicyclic) bond motifs is 1. The van der Waals surface area contributed by atoms with Crippen molar-refractivity contribution in [1.29, 1.82) is 0 Å². The van der Waals surface area contributed by atoms with Crippen molar-refractivity contribution in [2.45, 2.75) is 141 Å². The molecule has 216 valence electrons. The van der Waals surface area contributed by atoms with E-state index in [9.17, 15) is 9.46 Å². The van der Waals surface area contributed by atoms with Crippen molar-refractivity contribution in [3.8, 4) is 0 Å². The van der Waals surface area contributed by atoms with Gasteiger partial charge in [-0.25, -0.2) is 15.0 Å². The second kappa shape index (κ2) is 19.7. The van der Waals surface area contributed by atoms with Crippen LogP contribution in [0, 0.1) is 0 Å². The van der Waals surface area contributed by atoms with Crippen molar-refractivity contribution in [1.82, 2.24) is 19.5 Å². The van der Waals surface area contributed by atoms with E-state index in [4.69, 9.17) is 10.5 Å². The number of imidazole rings is 1. The topological polar surface area (TPSA) is 119 Å². The third kappa shape index (κ3) is 12.3. The van der Waals surface area contributed by atoms with Crippen LogP contribution in [-0.2, 0) is 15.8 Å². The fourth-order valence-corrected chi connectivity index (χ4v) is 7.28. The highest BCUT2D eigenvalue weighted by atomic mass is 32.2. The smallest absolute Gasteiger partial charge is 0.342 e. The lowest BCUT2D eigenvalue weighted by atomic mass is 10.0. The first-order chi connectivity index (χ1) is 18.5. The lowest BCUT2D eigenvalue weighted by Crippen LogP contribution is -2.31. The van der Waals surface area contributed by atoms with Crippen molar-refractivity contribution in [2.75, 3.05) is 11.5 Å². The maximum Gasteiger partial charge on any atom is 0.342 e. The molecule has 2 aromatic heterocycles. The van der Waals surface area contributed by atoms with Crippen molar-refractivity contribution in [3.05, 3.63) is 12.7 Å². The summed E-state index contributed by atoms with van der Waals surface area (Å²) in [5.74, 6) is 0.487. The van der Waals surface area contributed by atoms with E-state index < -0.39 is 13.9 Å². The minimum Gasteiger partial charge on any atom is -0.593 e. The fraction of sp³-hybridized carbons (Fsp3) is 0.821. The lowest BCUT2D eigenvalue weighted by Gasteiger charge is -2.23. The predicted molar refractivity (Wildman–Crippen MR) is 159 cm³/mol. The first-order valence-corrected chi connectivity index (χ1v) is 17.1. The Hall–Kier alpha value is -1.28. The normalized spacial score (nSPS) is 14.6. The zero-order chi connectivity index (χ0) is 27.6. The maximum atomic E-state index is 12.1. The van der Waals surface area contributed by atoms with Crippen LogP contribution in [0.25, 0.3) is 11.2 Å². The zero-order valence-electron chi connectivity index (χ0n) is 23.9. The molecule has 0 aliphatic rings. The van der Waals surface area contributed by atoms with Crippen molar-refractivity contribution < 1.29 is 14.2 Å². The second-order valence-corrected chi connectivity index (χ2v) is 12.8. The first kappa shape index (κ1) is 32.9. The molecular weight excluding hydrogens is 517 g/mol. The summed E-state index contributed by atoms with van der Waals surface area (Å²) in [5.41, 5.74) is 7.03. The van der Waals surface area contributed by atoms with Crippen molar-refractivity contribution in [2.24, 2.45) is 0 Å². The van der Waals surface area contributed by atoms with E-state index >= 15 is 0 Å². The number of unbranched alkanes of at least 4 members (excludes halogenated alkanes) is 13. The minimum atomic E-state index is -2.70. The highest BCUT2D eigenvalue weighted by Gasteiger charge is 2.34.